The maximum Gasteiger partial charge on any atom is 0.333 e. The van der Waals surface area contributed by atoms with Gasteiger partial charge in [0.25, 0.3) is 11.5 Å². The van der Waals surface area contributed by atoms with Crippen LogP contribution in [0.1, 0.15) is 15.9 Å². The largest absolute Gasteiger partial charge is 0.348 e. The molecule has 10 heteroatoms. The molecule has 0 saturated carbocycles. The SMILES string of the molecule is CN(C)S(=O)(=O)c1ccccc1CNC(=O)c1ccc2c(=O)n(-c3ccccc3)c(=O)[nH]c2c1. The summed E-state index contributed by atoms with van der Waals surface area (Å²) in [6, 6.07) is 19.3. The summed E-state index contributed by atoms with van der Waals surface area (Å²) in [4.78, 5) is 41.0. The van der Waals surface area contributed by atoms with Gasteiger partial charge in [-0.3, -0.25) is 9.59 Å². The fourth-order valence-corrected chi connectivity index (χ4v) is 4.66. The molecule has 1 heterocycles. The minimum absolute atomic E-state index is 0.0216. The highest BCUT2D eigenvalue weighted by molar-refractivity contribution is 7.89. The summed E-state index contributed by atoms with van der Waals surface area (Å²) in [6.07, 6.45) is 0. The summed E-state index contributed by atoms with van der Waals surface area (Å²) in [6.45, 7) is -0.0216. The molecule has 0 aliphatic carbocycles. The van der Waals surface area contributed by atoms with Gasteiger partial charge in [0.2, 0.25) is 10.0 Å². The molecule has 4 rings (SSSR count). The number of benzene rings is 3. The van der Waals surface area contributed by atoms with Crippen molar-refractivity contribution in [3.8, 4) is 5.69 Å². The lowest BCUT2D eigenvalue weighted by atomic mass is 10.1. The zero-order chi connectivity index (χ0) is 24.5. The zero-order valence-corrected chi connectivity index (χ0v) is 19.3. The first-order chi connectivity index (χ1) is 16.2. The summed E-state index contributed by atoms with van der Waals surface area (Å²) in [5, 5.41) is 2.95. The third-order valence-electron chi connectivity index (χ3n) is 5.34. The molecule has 0 spiro atoms. The molecule has 0 saturated heterocycles. The number of para-hydroxylation sites is 1. The molecule has 2 N–H and O–H groups in total. The fraction of sp³-hybridized carbons (Fsp3) is 0.125. The molecule has 0 unspecified atom stereocenters. The van der Waals surface area contributed by atoms with E-state index in [9.17, 15) is 22.8 Å². The van der Waals surface area contributed by atoms with Gasteiger partial charge in [-0.05, 0) is 42.0 Å². The van der Waals surface area contributed by atoms with E-state index in [0.29, 0.717) is 11.3 Å². The lowest BCUT2D eigenvalue weighted by Crippen LogP contribution is -2.33. The van der Waals surface area contributed by atoms with E-state index in [1.807, 2.05) is 0 Å². The molecule has 34 heavy (non-hydrogen) atoms. The smallest absolute Gasteiger partial charge is 0.333 e. The molecule has 0 radical (unpaired) electrons. The van der Waals surface area contributed by atoms with Gasteiger partial charge < -0.3 is 10.3 Å². The van der Waals surface area contributed by atoms with Gasteiger partial charge in [0, 0.05) is 26.2 Å². The second-order valence-electron chi connectivity index (χ2n) is 7.74. The molecule has 9 nitrogen and oxygen atoms in total. The Balaban J connectivity index is 1.63. The van der Waals surface area contributed by atoms with Gasteiger partial charge in [-0.2, -0.15) is 0 Å². The van der Waals surface area contributed by atoms with Crippen molar-refractivity contribution in [3.63, 3.8) is 0 Å². The quantitative estimate of drug-likeness (QED) is 0.438. The molecule has 4 aromatic rings. The Labute approximate surface area is 195 Å². The van der Waals surface area contributed by atoms with Crippen LogP contribution in [0.5, 0.6) is 0 Å². The maximum absolute atomic E-state index is 12.9. The van der Waals surface area contributed by atoms with E-state index in [-0.39, 0.29) is 27.9 Å². The topological polar surface area (TPSA) is 121 Å². The molecule has 0 fully saturated rings. The predicted molar refractivity (Wildman–Crippen MR) is 129 cm³/mol. The molecular weight excluding hydrogens is 456 g/mol. The minimum atomic E-state index is -3.68. The van der Waals surface area contributed by atoms with E-state index in [0.717, 1.165) is 8.87 Å². The maximum atomic E-state index is 12.9. The van der Waals surface area contributed by atoms with Crippen molar-refractivity contribution in [2.24, 2.45) is 0 Å². The van der Waals surface area contributed by atoms with Crippen molar-refractivity contribution in [1.82, 2.24) is 19.2 Å². The van der Waals surface area contributed by atoms with Crippen LogP contribution in [-0.2, 0) is 16.6 Å². The van der Waals surface area contributed by atoms with Gasteiger partial charge in [-0.15, -0.1) is 0 Å². The highest BCUT2D eigenvalue weighted by Crippen LogP contribution is 2.18. The zero-order valence-electron chi connectivity index (χ0n) is 18.5. The Hall–Kier alpha value is -4.02. The van der Waals surface area contributed by atoms with Crippen LogP contribution < -0.4 is 16.6 Å². The second-order valence-corrected chi connectivity index (χ2v) is 9.86. The average molecular weight is 479 g/mol. The molecular formula is C24H22N4O5S. The number of H-pyrrole nitrogens is 1. The number of carbonyl (C=O) groups excluding carboxylic acids is 1. The number of sulfonamides is 1. The van der Waals surface area contributed by atoms with Crippen LogP contribution in [0.25, 0.3) is 16.6 Å². The van der Waals surface area contributed by atoms with Crippen molar-refractivity contribution in [2.75, 3.05) is 14.1 Å². The molecule has 1 aromatic heterocycles. The molecule has 0 aliphatic rings. The summed E-state index contributed by atoms with van der Waals surface area (Å²) in [5.41, 5.74) is 0.190. The van der Waals surface area contributed by atoms with Crippen LogP contribution in [0.2, 0.25) is 0 Å². The van der Waals surface area contributed by atoms with Crippen molar-refractivity contribution in [3.05, 3.63) is 105 Å². The Bertz CT molecular complexity index is 1610. The third-order valence-corrected chi connectivity index (χ3v) is 7.26. The number of nitrogens with zero attached hydrogens (tertiary/aromatic N) is 2. The van der Waals surface area contributed by atoms with Gasteiger partial charge in [0.15, 0.2) is 0 Å². The highest BCUT2D eigenvalue weighted by atomic mass is 32.2. The van der Waals surface area contributed by atoms with Crippen LogP contribution in [0, 0.1) is 0 Å². The van der Waals surface area contributed by atoms with Crippen molar-refractivity contribution < 1.29 is 13.2 Å². The number of nitrogens with one attached hydrogen (secondary N) is 2. The standard InChI is InChI=1S/C24H22N4O5S/c1-27(2)34(32,33)21-11-7-6-8-17(21)15-25-22(29)16-12-13-19-20(14-16)26-24(31)28(23(19)30)18-9-4-3-5-10-18/h3-14H,15H2,1-2H3,(H,25,29)(H,26,31). The first kappa shape index (κ1) is 23.1. The fourth-order valence-electron chi connectivity index (χ4n) is 3.55. The van der Waals surface area contributed by atoms with Crippen LogP contribution in [0.4, 0.5) is 0 Å². The summed E-state index contributed by atoms with van der Waals surface area (Å²) >= 11 is 0. The number of hydrogen-bond acceptors (Lipinski definition) is 5. The molecule has 3 aromatic carbocycles. The third kappa shape index (κ3) is 4.28. The Morgan fingerprint density at radius 3 is 2.35 bits per heavy atom. The van der Waals surface area contributed by atoms with E-state index in [4.69, 9.17) is 0 Å². The summed E-state index contributed by atoms with van der Waals surface area (Å²) < 4.78 is 27.2. The molecule has 1 amide bonds. The number of amides is 1. The van der Waals surface area contributed by atoms with E-state index < -0.39 is 27.2 Å². The first-order valence-electron chi connectivity index (χ1n) is 10.3. The second kappa shape index (κ2) is 9.08. The van der Waals surface area contributed by atoms with Gasteiger partial charge >= 0.3 is 5.69 Å². The molecule has 0 bridgehead atoms. The Morgan fingerprint density at radius 2 is 1.65 bits per heavy atom. The van der Waals surface area contributed by atoms with Gasteiger partial charge in [0.05, 0.1) is 21.5 Å². The van der Waals surface area contributed by atoms with Crippen molar-refractivity contribution >= 4 is 26.8 Å². The van der Waals surface area contributed by atoms with E-state index >= 15 is 0 Å². The summed E-state index contributed by atoms with van der Waals surface area (Å²) in [7, 11) is -0.807. The molecule has 0 aliphatic heterocycles. The number of aromatic nitrogens is 2. The van der Waals surface area contributed by atoms with E-state index in [2.05, 4.69) is 10.3 Å². The molecule has 174 valence electrons. The first-order valence-corrected chi connectivity index (χ1v) is 11.8. The van der Waals surface area contributed by atoms with E-state index in [1.165, 1.54) is 38.4 Å². The lowest BCUT2D eigenvalue weighted by Gasteiger charge is -2.15. The van der Waals surface area contributed by atoms with Crippen LogP contribution in [-0.4, -0.2) is 42.3 Å². The minimum Gasteiger partial charge on any atom is -0.348 e. The van der Waals surface area contributed by atoms with Crippen LogP contribution in [0.3, 0.4) is 0 Å². The predicted octanol–water partition coefficient (Wildman–Crippen LogP) is 1.86. The van der Waals surface area contributed by atoms with Gasteiger partial charge in [-0.1, -0.05) is 36.4 Å². The van der Waals surface area contributed by atoms with Gasteiger partial charge in [-0.25, -0.2) is 22.1 Å². The van der Waals surface area contributed by atoms with E-state index in [1.54, 1.807) is 48.5 Å². The summed E-state index contributed by atoms with van der Waals surface area (Å²) in [5.74, 6) is -0.480. The van der Waals surface area contributed by atoms with Crippen LogP contribution >= 0.6 is 0 Å². The number of rotatable bonds is 6. The average Bonchev–Trinajstić information content (AvgIpc) is 2.83. The number of fused-ring (bicyclic) bond motifs is 1. The van der Waals surface area contributed by atoms with Crippen molar-refractivity contribution in [2.45, 2.75) is 11.4 Å². The molecule has 0 atom stereocenters. The Morgan fingerprint density at radius 1 is 0.971 bits per heavy atom. The lowest BCUT2D eigenvalue weighted by molar-refractivity contribution is 0.0950. The number of aromatic amines is 1. The Kier molecular flexibility index (Phi) is 6.18. The normalized spacial score (nSPS) is 11.6. The highest BCUT2D eigenvalue weighted by Gasteiger charge is 2.21. The van der Waals surface area contributed by atoms with Crippen LogP contribution in [0.15, 0.2) is 87.3 Å². The monoisotopic (exact) mass is 478 g/mol. The van der Waals surface area contributed by atoms with Gasteiger partial charge in [0.1, 0.15) is 0 Å². The number of hydrogen-bond donors (Lipinski definition) is 2. The van der Waals surface area contributed by atoms with Crippen molar-refractivity contribution in [1.29, 1.82) is 0 Å². The number of carbonyl (C=O) groups is 1.